The number of methoxy groups -OCH3 is 1. The lowest BCUT2D eigenvalue weighted by Crippen LogP contribution is -3.23. The zero-order valence-electron chi connectivity index (χ0n) is 15.9. The van der Waals surface area contributed by atoms with Crippen LogP contribution in [0.5, 0.6) is 5.75 Å². The molecule has 4 saturated carbocycles. The van der Waals surface area contributed by atoms with Crippen molar-refractivity contribution in [3.63, 3.8) is 0 Å². The van der Waals surface area contributed by atoms with Crippen LogP contribution in [0, 0.1) is 17.8 Å². The van der Waals surface area contributed by atoms with Crippen LogP contribution < -0.4 is 9.64 Å². The van der Waals surface area contributed by atoms with Gasteiger partial charge in [0.15, 0.2) is 0 Å². The minimum atomic E-state index is 0.131. The van der Waals surface area contributed by atoms with Gasteiger partial charge in [0.1, 0.15) is 5.75 Å². The molecule has 4 aliphatic carbocycles. The second-order valence-electron chi connectivity index (χ2n) is 9.29. The van der Waals surface area contributed by atoms with E-state index in [1.165, 1.54) is 38.5 Å². The van der Waals surface area contributed by atoms with Crippen molar-refractivity contribution in [2.24, 2.45) is 17.8 Å². The van der Waals surface area contributed by atoms with E-state index >= 15 is 0 Å². The van der Waals surface area contributed by atoms with Crippen LogP contribution in [0.1, 0.15) is 48.9 Å². The number of hydrogen-bond acceptors (Lipinski definition) is 2. The molecule has 4 bridgehead atoms. The number of amides is 1. The van der Waals surface area contributed by atoms with E-state index in [0.29, 0.717) is 16.9 Å². The fourth-order valence-corrected chi connectivity index (χ4v) is 7.05. The molecule has 1 aromatic rings. The second kappa shape index (κ2) is 6.26. The van der Waals surface area contributed by atoms with Crippen LogP contribution in [-0.4, -0.2) is 49.6 Å². The Hall–Kier alpha value is -1.55. The smallest absolute Gasteiger partial charge is 0.258 e. The number of carbonyl (C=O) groups is 1. The quantitative estimate of drug-likeness (QED) is 0.900. The molecule has 4 nitrogen and oxygen atoms in total. The number of rotatable bonds is 3. The minimum absolute atomic E-state index is 0.131. The minimum Gasteiger partial charge on any atom is -0.496 e. The average molecular weight is 356 g/mol. The van der Waals surface area contributed by atoms with Crippen molar-refractivity contribution in [3.05, 3.63) is 29.8 Å². The second-order valence-corrected chi connectivity index (χ2v) is 9.29. The molecule has 0 spiro atoms. The molecule has 1 aliphatic heterocycles. The summed E-state index contributed by atoms with van der Waals surface area (Å²) < 4.78 is 5.39. The first-order valence-electron chi connectivity index (χ1n) is 10.4. The molecule has 0 aromatic heterocycles. The van der Waals surface area contributed by atoms with Gasteiger partial charge in [-0.05, 0) is 49.1 Å². The third-order valence-corrected chi connectivity index (χ3v) is 7.78. The standard InChI is InChI=1S/C22H30N2O2/c1-26-20-5-3-2-4-19(20)21(25)23-6-8-24(9-7-23)22-13-16-10-17(14-22)12-18(11-16)15-22/h2-5,16-18H,6-15H2,1H3/p+1. The van der Waals surface area contributed by atoms with Gasteiger partial charge in [-0.2, -0.15) is 0 Å². The van der Waals surface area contributed by atoms with E-state index in [0.717, 1.165) is 43.9 Å². The van der Waals surface area contributed by atoms with Crippen LogP contribution in [0.25, 0.3) is 0 Å². The number of nitrogens with one attached hydrogen (secondary N) is 1. The molecule has 26 heavy (non-hydrogen) atoms. The van der Waals surface area contributed by atoms with E-state index in [2.05, 4.69) is 0 Å². The summed E-state index contributed by atoms with van der Waals surface area (Å²) in [5, 5.41) is 0. The molecule has 1 heterocycles. The molecular formula is C22H31N2O2+. The fraction of sp³-hybridized carbons (Fsp3) is 0.682. The molecule has 0 atom stereocenters. The predicted octanol–water partition coefficient (Wildman–Crippen LogP) is 2.00. The van der Waals surface area contributed by atoms with Crippen molar-refractivity contribution in [3.8, 4) is 5.75 Å². The molecule has 1 N–H and O–H groups in total. The first-order valence-corrected chi connectivity index (χ1v) is 10.4. The summed E-state index contributed by atoms with van der Waals surface area (Å²) in [6.45, 7) is 4.00. The van der Waals surface area contributed by atoms with Gasteiger partial charge >= 0.3 is 0 Å². The molecule has 4 heteroatoms. The van der Waals surface area contributed by atoms with Crippen molar-refractivity contribution in [1.29, 1.82) is 0 Å². The highest BCUT2D eigenvalue weighted by molar-refractivity contribution is 5.97. The first-order chi connectivity index (χ1) is 12.7. The van der Waals surface area contributed by atoms with Crippen molar-refractivity contribution in [2.75, 3.05) is 33.3 Å². The zero-order chi connectivity index (χ0) is 17.7. The summed E-state index contributed by atoms with van der Waals surface area (Å²) in [7, 11) is 1.64. The van der Waals surface area contributed by atoms with Gasteiger partial charge in [-0.25, -0.2) is 0 Å². The van der Waals surface area contributed by atoms with E-state index in [1.807, 2.05) is 29.2 Å². The van der Waals surface area contributed by atoms with Crippen molar-refractivity contribution < 1.29 is 14.4 Å². The van der Waals surface area contributed by atoms with Crippen LogP contribution in [0.4, 0.5) is 0 Å². The van der Waals surface area contributed by atoms with Gasteiger partial charge in [0.05, 0.1) is 44.4 Å². The molecular weight excluding hydrogens is 324 g/mol. The first kappa shape index (κ1) is 16.6. The number of carbonyl (C=O) groups excluding carboxylic acids is 1. The molecule has 1 aromatic carbocycles. The number of nitrogens with zero attached hydrogens (tertiary/aromatic N) is 1. The molecule has 6 rings (SSSR count). The average Bonchev–Trinajstić information content (AvgIpc) is 2.66. The van der Waals surface area contributed by atoms with Gasteiger partial charge in [-0.1, -0.05) is 12.1 Å². The highest BCUT2D eigenvalue weighted by Gasteiger charge is 2.56. The van der Waals surface area contributed by atoms with E-state index in [1.54, 1.807) is 12.0 Å². The van der Waals surface area contributed by atoms with E-state index in [4.69, 9.17) is 4.74 Å². The SMILES string of the molecule is COc1ccccc1C(=O)N1CC[NH+](C23CC4CC(CC(C4)C2)C3)CC1. The molecule has 140 valence electrons. The fourth-order valence-electron chi connectivity index (χ4n) is 7.05. The normalized spacial score (nSPS) is 36.3. The molecule has 5 fully saturated rings. The lowest BCUT2D eigenvalue weighted by molar-refractivity contribution is -0.962. The Balaban J connectivity index is 1.27. The highest BCUT2D eigenvalue weighted by Crippen LogP contribution is 2.54. The number of quaternary nitrogens is 1. The molecule has 1 amide bonds. The monoisotopic (exact) mass is 355 g/mol. The van der Waals surface area contributed by atoms with Gasteiger partial charge in [0.25, 0.3) is 5.91 Å². The Morgan fingerprint density at radius 3 is 2.19 bits per heavy atom. The van der Waals surface area contributed by atoms with E-state index < -0.39 is 0 Å². The van der Waals surface area contributed by atoms with Gasteiger partial charge in [0, 0.05) is 19.3 Å². The van der Waals surface area contributed by atoms with Crippen LogP contribution in [0.2, 0.25) is 0 Å². The van der Waals surface area contributed by atoms with Gasteiger partial charge < -0.3 is 14.5 Å². The number of benzene rings is 1. The topological polar surface area (TPSA) is 34.0 Å². The molecule has 0 radical (unpaired) electrons. The zero-order valence-corrected chi connectivity index (χ0v) is 15.9. The van der Waals surface area contributed by atoms with E-state index in [-0.39, 0.29) is 5.91 Å². The summed E-state index contributed by atoms with van der Waals surface area (Å²) >= 11 is 0. The number of hydrogen-bond donors (Lipinski definition) is 1. The predicted molar refractivity (Wildman–Crippen MR) is 100 cm³/mol. The van der Waals surface area contributed by atoms with E-state index in [9.17, 15) is 4.79 Å². The van der Waals surface area contributed by atoms with Gasteiger partial charge in [0.2, 0.25) is 0 Å². The maximum atomic E-state index is 13.0. The lowest BCUT2D eigenvalue weighted by Gasteiger charge is -2.59. The van der Waals surface area contributed by atoms with Crippen LogP contribution in [-0.2, 0) is 0 Å². The van der Waals surface area contributed by atoms with Gasteiger partial charge in [-0.15, -0.1) is 0 Å². The highest BCUT2D eigenvalue weighted by atomic mass is 16.5. The molecule has 1 saturated heterocycles. The Labute approximate surface area is 156 Å². The molecule has 5 aliphatic rings. The lowest BCUT2D eigenvalue weighted by atomic mass is 9.52. The van der Waals surface area contributed by atoms with Crippen molar-refractivity contribution in [1.82, 2.24) is 4.90 Å². The third-order valence-electron chi connectivity index (χ3n) is 7.78. The number of para-hydroxylation sites is 1. The van der Waals surface area contributed by atoms with Gasteiger partial charge in [-0.3, -0.25) is 4.79 Å². The molecule has 0 unspecified atom stereocenters. The summed E-state index contributed by atoms with van der Waals surface area (Å²) in [6.07, 6.45) is 8.87. The third kappa shape index (κ3) is 2.65. The van der Waals surface area contributed by atoms with Crippen LogP contribution in [0.15, 0.2) is 24.3 Å². The Morgan fingerprint density at radius 2 is 1.62 bits per heavy atom. The van der Waals surface area contributed by atoms with Crippen LogP contribution >= 0.6 is 0 Å². The largest absolute Gasteiger partial charge is 0.496 e. The maximum Gasteiger partial charge on any atom is 0.258 e. The van der Waals surface area contributed by atoms with Crippen molar-refractivity contribution >= 4 is 5.91 Å². The number of piperazine rings is 1. The Morgan fingerprint density at radius 1 is 1.04 bits per heavy atom. The summed E-state index contributed by atoms with van der Waals surface area (Å²) in [5.41, 5.74) is 1.25. The Bertz CT molecular complexity index is 658. The Kier molecular flexibility index (Phi) is 4.00. The van der Waals surface area contributed by atoms with Crippen LogP contribution in [0.3, 0.4) is 0 Å². The van der Waals surface area contributed by atoms with Crippen molar-refractivity contribution in [2.45, 2.75) is 44.1 Å². The summed E-state index contributed by atoms with van der Waals surface area (Å²) in [6, 6.07) is 7.61. The maximum absolute atomic E-state index is 13.0. The number of ether oxygens (including phenoxy) is 1. The summed E-state index contributed by atoms with van der Waals surface area (Å²) in [5.74, 6) is 3.83. The summed E-state index contributed by atoms with van der Waals surface area (Å²) in [4.78, 5) is 16.8.